The molecule has 11 nitrogen and oxygen atoms in total. The van der Waals surface area contributed by atoms with Crippen LogP contribution in [-0.4, -0.2) is 43.5 Å². The first-order chi connectivity index (χ1) is 20.1. The highest BCUT2D eigenvalue weighted by molar-refractivity contribution is 6.09. The Hall–Kier alpha value is -5.84. The summed E-state index contributed by atoms with van der Waals surface area (Å²) in [6, 6.07) is 14.0. The van der Waals surface area contributed by atoms with Gasteiger partial charge in [0, 0.05) is 29.8 Å². The first-order valence-corrected chi connectivity index (χ1v) is 12.5. The highest BCUT2D eigenvalue weighted by Gasteiger charge is 2.44. The van der Waals surface area contributed by atoms with E-state index in [9.17, 15) is 40.2 Å². The van der Waals surface area contributed by atoms with Crippen molar-refractivity contribution in [2.24, 2.45) is 0 Å². The second-order valence-electron chi connectivity index (χ2n) is 9.70. The molecule has 212 valence electrons. The van der Waals surface area contributed by atoms with Crippen LogP contribution in [0.15, 0.2) is 75.9 Å². The number of aromatic hydroxyl groups is 6. The van der Waals surface area contributed by atoms with Crippen molar-refractivity contribution in [2.75, 3.05) is 7.11 Å². The maximum absolute atomic E-state index is 14.1. The molecule has 2 unspecified atom stereocenters. The van der Waals surface area contributed by atoms with Crippen molar-refractivity contribution >= 4 is 16.8 Å². The van der Waals surface area contributed by atoms with Crippen LogP contribution < -0.4 is 14.9 Å². The highest BCUT2D eigenvalue weighted by Crippen LogP contribution is 2.52. The van der Waals surface area contributed by atoms with Crippen molar-refractivity contribution in [1.82, 2.24) is 0 Å². The van der Waals surface area contributed by atoms with E-state index >= 15 is 0 Å². The molecule has 1 aromatic heterocycles. The lowest BCUT2D eigenvalue weighted by Gasteiger charge is -2.34. The summed E-state index contributed by atoms with van der Waals surface area (Å²) in [7, 11) is 1.34. The summed E-state index contributed by atoms with van der Waals surface area (Å²) < 4.78 is 17.4. The molecule has 42 heavy (non-hydrogen) atoms. The van der Waals surface area contributed by atoms with E-state index in [2.05, 4.69) is 0 Å². The maximum atomic E-state index is 14.1. The number of ether oxygens (including phenoxy) is 2. The van der Waals surface area contributed by atoms with Gasteiger partial charge in [-0.2, -0.15) is 0 Å². The predicted octanol–water partition coefficient (Wildman–Crippen LogP) is 4.80. The van der Waals surface area contributed by atoms with E-state index in [1.165, 1.54) is 49.6 Å². The molecule has 1 aliphatic rings. The maximum Gasteiger partial charge on any atom is 0.197 e. The van der Waals surface area contributed by atoms with E-state index in [1.807, 2.05) is 0 Å². The zero-order chi connectivity index (χ0) is 29.9. The van der Waals surface area contributed by atoms with Gasteiger partial charge in [0.2, 0.25) is 0 Å². The number of carbonyl (C=O) groups excluding carboxylic acids is 1. The van der Waals surface area contributed by atoms with Gasteiger partial charge in [-0.15, -0.1) is 0 Å². The quantitative estimate of drug-likeness (QED) is 0.174. The van der Waals surface area contributed by atoms with Gasteiger partial charge in [0.25, 0.3) is 0 Å². The van der Waals surface area contributed by atoms with Crippen molar-refractivity contribution in [3.8, 4) is 57.3 Å². The lowest BCUT2D eigenvalue weighted by molar-refractivity contribution is 0.0772. The summed E-state index contributed by atoms with van der Waals surface area (Å²) in [5.74, 6) is -4.63. The first kappa shape index (κ1) is 26.4. The predicted molar refractivity (Wildman–Crippen MR) is 148 cm³/mol. The van der Waals surface area contributed by atoms with E-state index in [-0.39, 0.29) is 56.6 Å². The number of Topliss-reactive ketones (excluding diaryl/α,β-unsaturated/α-hetero) is 1. The Kier molecular flexibility index (Phi) is 6.07. The van der Waals surface area contributed by atoms with Crippen LogP contribution in [0.2, 0.25) is 0 Å². The number of hydrogen-bond donors (Lipinski definition) is 6. The standard InChI is InChI=1S/C31H22O11/c1-40-23-8-14(4-7-17(23)34)22-12-21(38)25-19(36)11-20(37)27(31(25)41-22)28-29(39)26-18(35)9-16(33)10-24(26)42-30(28)13-2-5-15(32)6-3-13/h2-12,28,30,32-37H,1H3. The van der Waals surface area contributed by atoms with E-state index in [4.69, 9.17) is 13.9 Å². The molecule has 2 heterocycles. The second-order valence-corrected chi connectivity index (χ2v) is 9.70. The molecule has 4 aromatic carbocycles. The van der Waals surface area contributed by atoms with Gasteiger partial charge < -0.3 is 44.5 Å². The normalized spacial score (nSPS) is 16.2. The molecule has 11 heteroatoms. The van der Waals surface area contributed by atoms with Crippen molar-refractivity contribution in [3.63, 3.8) is 0 Å². The third-order valence-electron chi connectivity index (χ3n) is 7.15. The summed E-state index contributed by atoms with van der Waals surface area (Å²) in [5, 5.41) is 62.0. The largest absolute Gasteiger partial charge is 0.508 e. The van der Waals surface area contributed by atoms with Crippen molar-refractivity contribution in [3.05, 3.63) is 93.6 Å². The Morgan fingerprint density at radius 3 is 2.19 bits per heavy atom. The number of carbonyl (C=O) groups is 1. The van der Waals surface area contributed by atoms with Crippen LogP contribution in [0.4, 0.5) is 0 Å². The lowest BCUT2D eigenvalue weighted by atomic mass is 9.79. The van der Waals surface area contributed by atoms with Gasteiger partial charge in [0.1, 0.15) is 62.9 Å². The summed E-state index contributed by atoms with van der Waals surface area (Å²) in [5.41, 5.74) is -0.854. The smallest absolute Gasteiger partial charge is 0.197 e. The molecular formula is C31H22O11. The molecule has 6 N–H and O–H groups in total. The van der Waals surface area contributed by atoms with Crippen LogP contribution in [0.25, 0.3) is 22.3 Å². The Labute approximate surface area is 236 Å². The fraction of sp³-hybridized carbons (Fsp3) is 0.0968. The minimum atomic E-state index is -1.45. The van der Waals surface area contributed by atoms with Gasteiger partial charge in [-0.1, -0.05) is 12.1 Å². The van der Waals surface area contributed by atoms with Crippen LogP contribution in [0, 0.1) is 0 Å². The fourth-order valence-corrected chi connectivity index (χ4v) is 5.23. The molecule has 0 amide bonds. The zero-order valence-corrected chi connectivity index (χ0v) is 21.7. The summed E-state index contributed by atoms with van der Waals surface area (Å²) in [6.07, 6.45) is -1.21. The van der Waals surface area contributed by atoms with E-state index in [0.29, 0.717) is 11.1 Å². The third kappa shape index (κ3) is 4.15. The minimum absolute atomic E-state index is 0.0319. The minimum Gasteiger partial charge on any atom is -0.508 e. The molecule has 0 saturated heterocycles. The number of hydrogen-bond acceptors (Lipinski definition) is 11. The SMILES string of the molecule is COc1cc(-c2cc(=O)c3c(O)cc(O)c(C4C(=O)c5c(O)cc(O)cc5OC4c4ccc(O)cc4)c3o2)ccc1O. The number of fused-ring (bicyclic) bond motifs is 2. The van der Waals surface area contributed by atoms with Crippen molar-refractivity contribution in [2.45, 2.75) is 12.0 Å². The monoisotopic (exact) mass is 570 g/mol. The molecule has 0 bridgehead atoms. The summed E-state index contributed by atoms with van der Waals surface area (Å²) >= 11 is 0. The molecular weight excluding hydrogens is 548 g/mol. The summed E-state index contributed by atoms with van der Waals surface area (Å²) in [6.45, 7) is 0. The van der Waals surface area contributed by atoms with Crippen LogP contribution in [0.1, 0.15) is 33.5 Å². The molecule has 1 aliphatic heterocycles. The fourth-order valence-electron chi connectivity index (χ4n) is 5.23. The number of phenolic OH excluding ortho intramolecular Hbond substituents is 6. The number of rotatable bonds is 4. The molecule has 2 atom stereocenters. The van der Waals surface area contributed by atoms with Crippen LogP contribution in [0.3, 0.4) is 0 Å². The molecule has 0 spiro atoms. The van der Waals surface area contributed by atoms with Crippen LogP contribution in [0.5, 0.6) is 46.0 Å². The number of methoxy groups -OCH3 is 1. The van der Waals surface area contributed by atoms with Gasteiger partial charge in [0.05, 0.1) is 18.6 Å². The molecule has 0 saturated carbocycles. The second kappa shape index (κ2) is 9.66. The molecule has 0 radical (unpaired) electrons. The first-order valence-electron chi connectivity index (χ1n) is 12.5. The molecule has 6 rings (SSSR count). The molecule has 5 aromatic rings. The Morgan fingerprint density at radius 1 is 0.738 bits per heavy atom. The Balaban J connectivity index is 1.66. The Bertz CT molecular complexity index is 1960. The van der Waals surface area contributed by atoms with Crippen LogP contribution >= 0.6 is 0 Å². The van der Waals surface area contributed by atoms with Gasteiger partial charge in [0.15, 0.2) is 22.7 Å². The zero-order valence-electron chi connectivity index (χ0n) is 21.7. The van der Waals surface area contributed by atoms with Gasteiger partial charge in [-0.3, -0.25) is 9.59 Å². The highest BCUT2D eigenvalue weighted by atomic mass is 16.5. The van der Waals surface area contributed by atoms with Crippen LogP contribution in [-0.2, 0) is 0 Å². The van der Waals surface area contributed by atoms with Gasteiger partial charge in [-0.05, 0) is 35.9 Å². The van der Waals surface area contributed by atoms with E-state index < -0.39 is 40.5 Å². The number of phenols is 6. The number of benzene rings is 4. The van der Waals surface area contributed by atoms with E-state index in [1.54, 1.807) is 0 Å². The number of ketones is 1. The van der Waals surface area contributed by atoms with Gasteiger partial charge in [-0.25, -0.2) is 0 Å². The third-order valence-corrected chi connectivity index (χ3v) is 7.15. The van der Waals surface area contributed by atoms with Gasteiger partial charge >= 0.3 is 0 Å². The molecule has 0 fully saturated rings. The average molecular weight is 571 g/mol. The Morgan fingerprint density at radius 2 is 1.48 bits per heavy atom. The average Bonchev–Trinajstić information content (AvgIpc) is 2.93. The topological polar surface area (TPSA) is 187 Å². The lowest BCUT2D eigenvalue weighted by Crippen LogP contribution is -2.30. The van der Waals surface area contributed by atoms with Crippen molar-refractivity contribution < 1.29 is 49.3 Å². The summed E-state index contributed by atoms with van der Waals surface area (Å²) in [4.78, 5) is 27.5. The molecule has 0 aliphatic carbocycles. The van der Waals surface area contributed by atoms with E-state index in [0.717, 1.165) is 24.3 Å². The van der Waals surface area contributed by atoms with Crippen molar-refractivity contribution in [1.29, 1.82) is 0 Å².